The van der Waals surface area contributed by atoms with Gasteiger partial charge in [0, 0.05) is 13.1 Å². The minimum Gasteiger partial charge on any atom is -0.497 e. The normalized spacial score (nSPS) is 15.8. The van der Waals surface area contributed by atoms with Crippen LogP contribution < -0.4 is 4.74 Å². The Labute approximate surface area is 94.4 Å². The second-order valence-electron chi connectivity index (χ2n) is 3.98. The Morgan fingerprint density at radius 3 is 2.56 bits per heavy atom. The molecule has 0 radical (unpaired) electrons. The summed E-state index contributed by atoms with van der Waals surface area (Å²) in [7, 11) is 1.61. The minimum absolute atomic E-state index is 0.0652. The molecule has 1 aliphatic rings. The van der Waals surface area contributed by atoms with Crippen LogP contribution >= 0.6 is 0 Å². The number of amides is 1. The van der Waals surface area contributed by atoms with E-state index in [-0.39, 0.29) is 12.0 Å². The van der Waals surface area contributed by atoms with Crippen LogP contribution in [0, 0.1) is 0 Å². The number of aliphatic hydroxyl groups is 1. The van der Waals surface area contributed by atoms with E-state index in [1.807, 2.05) is 24.3 Å². The molecule has 1 saturated heterocycles. The summed E-state index contributed by atoms with van der Waals surface area (Å²) in [5.41, 5.74) is 0.965. The summed E-state index contributed by atoms with van der Waals surface area (Å²) in [6.45, 7) is 0.935. The summed E-state index contributed by atoms with van der Waals surface area (Å²) in [5, 5.41) is 9.09. The predicted octanol–water partition coefficient (Wildman–Crippen LogP) is 0.441. The summed E-state index contributed by atoms with van der Waals surface area (Å²) >= 11 is 0. The van der Waals surface area contributed by atoms with E-state index in [9.17, 15) is 4.79 Å². The number of carbonyl (C=O) groups excluding carboxylic acids is 1. The highest BCUT2D eigenvalue weighted by Gasteiger charge is 2.28. The van der Waals surface area contributed by atoms with Crippen molar-refractivity contribution in [1.29, 1.82) is 0 Å². The lowest BCUT2D eigenvalue weighted by Gasteiger charge is -2.35. The van der Waals surface area contributed by atoms with E-state index in [1.165, 1.54) is 0 Å². The molecule has 4 nitrogen and oxygen atoms in total. The maximum atomic E-state index is 11.7. The maximum absolute atomic E-state index is 11.7. The quantitative estimate of drug-likeness (QED) is 0.805. The van der Waals surface area contributed by atoms with E-state index in [0.717, 1.165) is 11.3 Å². The first-order valence-electron chi connectivity index (χ1n) is 5.28. The van der Waals surface area contributed by atoms with Gasteiger partial charge in [0.05, 0.1) is 19.6 Å². The summed E-state index contributed by atoms with van der Waals surface area (Å²) in [5.74, 6) is 0.853. The average Bonchev–Trinajstić information content (AvgIpc) is 2.26. The fourth-order valence-electron chi connectivity index (χ4n) is 1.69. The molecule has 86 valence electrons. The Morgan fingerprint density at radius 2 is 2.06 bits per heavy atom. The summed E-state index contributed by atoms with van der Waals surface area (Å²) in [4.78, 5) is 13.3. The molecule has 0 unspecified atom stereocenters. The first kappa shape index (κ1) is 11.0. The lowest BCUT2D eigenvalue weighted by Crippen LogP contribution is -2.53. The first-order valence-corrected chi connectivity index (χ1v) is 5.28. The van der Waals surface area contributed by atoms with Gasteiger partial charge >= 0.3 is 0 Å². The van der Waals surface area contributed by atoms with Crippen molar-refractivity contribution in [3.8, 4) is 5.75 Å². The second kappa shape index (κ2) is 4.53. The third kappa shape index (κ3) is 2.33. The number of hydrogen-bond acceptors (Lipinski definition) is 3. The number of benzene rings is 1. The molecular weight excluding hydrogens is 206 g/mol. The highest BCUT2D eigenvalue weighted by molar-refractivity contribution is 5.79. The number of carbonyl (C=O) groups is 1. The van der Waals surface area contributed by atoms with Crippen molar-refractivity contribution in [3.05, 3.63) is 29.8 Å². The van der Waals surface area contributed by atoms with Gasteiger partial charge in [-0.25, -0.2) is 0 Å². The van der Waals surface area contributed by atoms with Crippen LogP contribution in [0.25, 0.3) is 0 Å². The Hall–Kier alpha value is -1.55. The van der Waals surface area contributed by atoms with Gasteiger partial charge in [-0.1, -0.05) is 12.1 Å². The van der Waals surface area contributed by atoms with Gasteiger partial charge in [0.25, 0.3) is 0 Å². The number of hydrogen-bond donors (Lipinski definition) is 1. The largest absolute Gasteiger partial charge is 0.497 e. The van der Waals surface area contributed by atoms with Crippen molar-refractivity contribution in [2.45, 2.75) is 12.5 Å². The van der Waals surface area contributed by atoms with Crippen molar-refractivity contribution in [2.75, 3.05) is 20.2 Å². The Bertz CT molecular complexity index is 368. The molecule has 0 saturated carbocycles. The van der Waals surface area contributed by atoms with Gasteiger partial charge in [0.2, 0.25) is 5.91 Å². The molecule has 1 heterocycles. The van der Waals surface area contributed by atoms with Gasteiger partial charge in [-0.05, 0) is 17.7 Å². The zero-order valence-electron chi connectivity index (χ0n) is 9.22. The molecular formula is C12H15NO3. The van der Waals surface area contributed by atoms with E-state index in [4.69, 9.17) is 9.84 Å². The monoisotopic (exact) mass is 221 g/mol. The molecule has 1 aromatic rings. The third-order valence-corrected chi connectivity index (χ3v) is 2.73. The average molecular weight is 221 g/mol. The molecule has 0 aromatic heterocycles. The van der Waals surface area contributed by atoms with Gasteiger partial charge in [-0.2, -0.15) is 0 Å². The Morgan fingerprint density at radius 1 is 1.44 bits per heavy atom. The van der Waals surface area contributed by atoms with E-state index < -0.39 is 0 Å². The lowest BCUT2D eigenvalue weighted by atomic mass is 10.1. The summed E-state index contributed by atoms with van der Waals surface area (Å²) in [6, 6.07) is 7.45. The van der Waals surface area contributed by atoms with E-state index in [2.05, 4.69) is 0 Å². The summed E-state index contributed by atoms with van der Waals surface area (Å²) in [6.07, 6.45) is 0.0521. The fourth-order valence-corrected chi connectivity index (χ4v) is 1.69. The van der Waals surface area contributed by atoms with Crippen LogP contribution in [0.5, 0.6) is 5.75 Å². The molecule has 1 amide bonds. The number of nitrogens with zero attached hydrogens (tertiary/aromatic N) is 1. The third-order valence-electron chi connectivity index (χ3n) is 2.73. The SMILES string of the molecule is COc1ccc(CC(=O)N2CC(O)C2)cc1. The van der Waals surface area contributed by atoms with Crippen LogP contribution in [0.1, 0.15) is 5.56 Å². The predicted molar refractivity (Wildman–Crippen MR) is 59.3 cm³/mol. The number of ether oxygens (including phenoxy) is 1. The molecule has 16 heavy (non-hydrogen) atoms. The van der Waals surface area contributed by atoms with Crippen LogP contribution in [0.15, 0.2) is 24.3 Å². The van der Waals surface area contributed by atoms with Crippen molar-refractivity contribution in [1.82, 2.24) is 4.90 Å². The number of methoxy groups -OCH3 is 1. The first-order chi connectivity index (χ1) is 7.69. The Kier molecular flexibility index (Phi) is 3.10. The molecule has 1 aliphatic heterocycles. The van der Waals surface area contributed by atoms with Gasteiger partial charge in [0.1, 0.15) is 5.75 Å². The topological polar surface area (TPSA) is 49.8 Å². The van der Waals surface area contributed by atoms with Crippen molar-refractivity contribution in [2.24, 2.45) is 0 Å². The Balaban J connectivity index is 1.90. The number of rotatable bonds is 3. The van der Waals surface area contributed by atoms with Crippen molar-refractivity contribution in [3.63, 3.8) is 0 Å². The number of β-amino-alcohol motifs (C(OH)–C–C–N with tert-alkyl or cyclic N) is 1. The van der Waals surface area contributed by atoms with Crippen molar-refractivity contribution < 1.29 is 14.6 Å². The fraction of sp³-hybridized carbons (Fsp3) is 0.417. The number of likely N-dealkylation sites (tertiary alicyclic amines) is 1. The summed E-state index contributed by atoms with van der Waals surface area (Å²) < 4.78 is 5.04. The van der Waals surface area contributed by atoms with Gasteiger partial charge in [0.15, 0.2) is 0 Å². The maximum Gasteiger partial charge on any atom is 0.227 e. The smallest absolute Gasteiger partial charge is 0.227 e. The van der Waals surface area contributed by atoms with Gasteiger partial charge < -0.3 is 14.7 Å². The highest BCUT2D eigenvalue weighted by Crippen LogP contribution is 2.14. The van der Waals surface area contributed by atoms with Crippen LogP contribution in [-0.2, 0) is 11.2 Å². The van der Waals surface area contributed by atoms with Gasteiger partial charge in [-0.3, -0.25) is 4.79 Å². The minimum atomic E-state index is -0.334. The van der Waals surface area contributed by atoms with Gasteiger partial charge in [-0.15, -0.1) is 0 Å². The zero-order chi connectivity index (χ0) is 11.5. The standard InChI is InChI=1S/C12H15NO3/c1-16-11-4-2-9(3-5-11)6-12(15)13-7-10(14)8-13/h2-5,10,14H,6-8H2,1H3. The molecule has 0 spiro atoms. The lowest BCUT2D eigenvalue weighted by molar-refractivity contribution is -0.140. The molecule has 4 heteroatoms. The molecule has 2 rings (SSSR count). The van der Waals surface area contributed by atoms with E-state index >= 15 is 0 Å². The van der Waals surface area contributed by atoms with E-state index in [0.29, 0.717) is 19.5 Å². The molecule has 0 aliphatic carbocycles. The van der Waals surface area contributed by atoms with Crippen molar-refractivity contribution >= 4 is 5.91 Å². The molecule has 0 atom stereocenters. The molecule has 1 aromatic carbocycles. The van der Waals surface area contributed by atoms with E-state index in [1.54, 1.807) is 12.0 Å². The van der Waals surface area contributed by atoms with Crippen LogP contribution in [-0.4, -0.2) is 42.2 Å². The second-order valence-corrected chi connectivity index (χ2v) is 3.98. The molecule has 1 fully saturated rings. The number of aliphatic hydroxyl groups excluding tert-OH is 1. The molecule has 0 bridgehead atoms. The molecule has 1 N–H and O–H groups in total. The van der Waals surface area contributed by atoms with Crippen LogP contribution in [0.2, 0.25) is 0 Å². The van der Waals surface area contributed by atoms with Crippen LogP contribution in [0.4, 0.5) is 0 Å². The highest BCUT2D eigenvalue weighted by atomic mass is 16.5. The zero-order valence-corrected chi connectivity index (χ0v) is 9.22. The van der Waals surface area contributed by atoms with Crippen LogP contribution in [0.3, 0.4) is 0 Å².